The zero-order valence-corrected chi connectivity index (χ0v) is 11.1. The minimum absolute atomic E-state index is 0.110. The molecule has 98 valence electrons. The Kier molecular flexibility index (Phi) is 3.80. The molecule has 0 aliphatic carbocycles. The lowest BCUT2D eigenvalue weighted by atomic mass is 10.1. The minimum Gasteiger partial charge on any atom is -0.398 e. The van der Waals surface area contributed by atoms with Crippen molar-refractivity contribution < 1.29 is 4.79 Å². The Labute approximate surface area is 112 Å². The van der Waals surface area contributed by atoms with Crippen molar-refractivity contribution in [2.75, 3.05) is 5.73 Å². The summed E-state index contributed by atoms with van der Waals surface area (Å²) in [6.07, 6.45) is 3.51. The number of anilines is 1. The maximum atomic E-state index is 12.1. The molecule has 2 rings (SSSR count). The van der Waals surface area contributed by atoms with Crippen LogP contribution in [0, 0.1) is 13.8 Å². The number of nitrogen functional groups attached to an aromatic ring is 1. The number of nitrogens with two attached hydrogens (primary N) is 1. The zero-order valence-electron chi connectivity index (χ0n) is 11.1. The number of nitrogens with one attached hydrogen (secondary N) is 1. The Morgan fingerprint density at radius 1 is 1.32 bits per heavy atom. The SMILES string of the molecule is Cc1cnccc1CNC(=O)c1cccc(N)c1C. The van der Waals surface area contributed by atoms with Gasteiger partial charge < -0.3 is 11.1 Å². The van der Waals surface area contributed by atoms with Gasteiger partial charge in [-0.3, -0.25) is 9.78 Å². The highest BCUT2D eigenvalue weighted by molar-refractivity contribution is 5.96. The molecule has 1 amide bonds. The molecule has 4 heteroatoms. The number of benzene rings is 1. The van der Waals surface area contributed by atoms with E-state index in [1.165, 1.54) is 0 Å². The van der Waals surface area contributed by atoms with E-state index in [1.807, 2.05) is 19.9 Å². The van der Waals surface area contributed by atoms with Gasteiger partial charge in [0.05, 0.1) is 0 Å². The third kappa shape index (κ3) is 2.91. The second kappa shape index (κ2) is 5.52. The first-order valence-electron chi connectivity index (χ1n) is 6.12. The predicted octanol–water partition coefficient (Wildman–Crippen LogP) is 2.21. The van der Waals surface area contributed by atoms with E-state index in [0.717, 1.165) is 16.7 Å². The Hall–Kier alpha value is -2.36. The second-order valence-corrected chi connectivity index (χ2v) is 4.50. The number of nitrogens with zero attached hydrogens (tertiary/aromatic N) is 1. The van der Waals surface area contributed by atoms with Gasteiger partial charge in [0.15, 0.2) is 0 Å². The highest BCUT2D eigenvalue weighted by Gasteiger charge is 2.10. The van der Waals surface area contributed by atoms with Gasteiger partial charge in [-0.25, -0.2) is 0 Å². The number of rotatable bonds is 3. The summed E-state index contributed by atoms with van der Waals surface area (Å²) in [7, 11) is 0. The summed E-state index contributed by atoms with van der Waals surface area (Å²) in [5.41, 5.74) is 9.98. The van der Waals surface area contributed by atoms with Gasteiger partial charge in [0.2, 0.25) is 0 Å². The van der Waals surface area contributed by atoms with Crippen molar-refractivity contribution >= 4 is 11.6 Å². The minimum atomic E-state index is -0.110. The molecule has 0 aliphatic heterocycles. The summed E-state index contributed by atoms with van der Waals surface area (Å²) in [4.78, 5) is 16.1. The fraction of sp³-hybridized carbons (Fsp3) is 0.200. The lowest BCUT2D eigenvalue weighted by molar-refractivity contribution is 0.0950. The number of aryl methyl sites for hydroxylation is 1. The summed E-state index contributed by atoms with van der Waals surface area (Å²) >= 11 is 0. The van der Waals surface area contributed by atoms with E-state index in [2.05, 4.69) is 10.3 Å². The van der Waals surface area contributed by atoms with Crippen molar-refractivity contribution in [3.05, 3.63) is 58.9 Å². The highest BCUT2D eigenvalue weighted by Crippen LogP contribution is 2.15. The summed E-state index contributed by atoms with van der Waals surface area (Å²) in [5.74, 6) is -0.110. The highest BCUT2D eigenvalue weighted by atomic mass is 16.1. The molecule has 0 radical (unpaired) electrons. The summed E-state index contributed by atoms with van der Waals surface area (Å²) in [5, 5.41) is 2.90. The van der Waals surface area contributed by atoms with Gasteiger partial charge in [0.1, 0.15) is 0 Å². The molecule has 0 unspecified atom stereocenters. The van der Waals surface area contributed by atoms with Crippen LogP contribution in [0.15, 0.2) is 36.7 Å². The molecule has 3 N–H and O–H groups in total. The van der Waals surface area contributed by atoms with Crippen LogP contribution in [-0.2, 0) is 6.54 Å². The topological polar surface area (TPSA) is 68.0 Å². The number of hydrogen-bond acceptors (Lipinski definition) is 3. The summed E-state index contributed by atoms with van der Waals surface area (Å²) in [6, 6.07) is 7.26. The fourth-order valence-electron chi connectivity index (χ4n) is 1.87. The van der Waals surface area contributed by atoms with E-state index in [9.17, 15) is 4.79 Å². The first-order valence-corrected chi connectivity index (χ1v) is 6.12. The molecule has 1 aromatic carbocycles. The standard InChI is InChI=1S/C15H17N3O/c1-10-8-17-7-6-12(10)9-18-15(19)13-4-3-5-14(16)11(13)2/h3-8H,9,16H2,1-2H3,(H,18,19). The van der Waals surface area contributed by atoms with E-state index in [-0.39, 0.29) is 5.91 Å². The van der Waals surface area contributed by atoms with Crippen LogP contribution >= 0.6 is 0 Å². The van der Waals surface area contributed by atoms with Crippen molar-refractivity contribution in [2.24, 2.45) is 0 Å². The average Bonchev–Trinajstić information content (AvgIpc) is 2.40. The summed E-state index contributed by atoms with van der Waals surface area (Å²) in [6.45, 7) is 4.31. The summed E-state index contributed by atoms with van der Waals surface area (Å²) < 4.78 is 0. The number of amides is 1. The molecule has 1 aromatic heterocycles. The number of hydrogen-bond donors (Lipinski definition) is 2. The molecule has 0 bridgehead atoms. The monoisotopic (exact) mass is 255 g/mol. The van der Waals surface area contributed by atoms with E-state index < -0.39 is 0 Å². The molecule has 0 fully saturated rings. The number of pyridine rings is 1. The molecule has 0 atom stereocenters. The molecule has 1 heterocycles. The van der Waals surface area contributed by atoms with Gasteiger partial charge in [-0.2, -0.15) is 0 Å². The molecule has 0 spiro atoms. The van der Waals surface area contributed by atoms with Crippen molar-refractivity contribution in [1.82, 2.24) is 10.3 Å². The third-order valence-corrected chi connectivity index (χ3v) is 3.20. The largest absolute Gasteiger partial charge is 0.398 e. The van der Waals surface area contributed by atoms with Crippen molar-refractivity contribution in [1.29, 1.82) is 0 Å². The smallest absolute Gasteiger partial charge is 0.251 e. The predicted molar refractivity (Wildman–Crippen MR) is 75.7 cm³/mol. The number of carbonyl (C=O) groups excluding carboxylic acids is 1. The maximum Gasteiger partial charge on any atom is 0.251 e. The Morgan fingerprint density at radius 3 is 2.84 bits per heavy atom. The molecule has 0 saturated carbocycles. The van der Waals surface area contributed by atoms with Crippen LogP contribution in [0.2, 0.25) is 0 Å². The molecular weight excluding hydrogens is 238 g/mol. The van der Waals surface area contributed by atoms with Crippen LogP contribution in [0.1, 0.15) is 27.0 Å². The van der Waals surface area contributed by atoms with Gasteiger partial charge in [-0.1, -0.05) is 6.07 Å². The van der Waals surface area contributed by atoms with Gasteiger partial charge in [-0.05, 0) is 48.7 Å². The van der Waals surface area contributed by atoms with Crippen LogP contribution in [0.4, 0.5) is 5.69 Å². The molecule has 0 saturated heterocycles. The first kappa shape index (κ1) is 13.1. The second-order valence-electron chi connectivity index (χ2n) is 4.50. The van der Waals surface area contributed by atoms with E-state index in [0.29, 0.717) is 17.8 Å². The molecule has 4 nitrogen and oxygen atoms in total. The quantitative estimate of drug-likeness (QED) is 0.826. The Bertz CT molecular complexity index is 608. The van der Waals surface area contributed by atoms with Crippen molar-refractivity contribution in [3.8, 4) is 0 Å². The van der Waals surface area contributed by atoms with E-state index in [4.69, 9.17) is 5.73 Å². The molecule has 19 heavy (non-hydrogen) atoms. The zero-order chi connectivity index (χ0) is 13.8. The lowest BCUT2D eigenvalue weighted by Crippen LogP contribution is -2.24. The lowest BCUT2D eigenvalue weighted by Gasteiger charge is -2.10. The van der Waals surface area contributed by atoms with Gasteiger partial charge >= 0.3 is 0 Å². The fourth-order valence-corrected chi connectivity index (χ4v) is 1.87. The van der Waals surface area contributed by atoms with Crippen LogP contribution in [0.25, 0.3) is 0 Å². The van der Waals surface area contributed by atoms with Crippen molar-refractivity contribution in [2.45, 2.75) is 20.4 Å². The van der Waals surface area contributed by atoms with E-state index in [1.54, 1.807) is 30.6 Å². The van der Waals surface area contributed by atoms with Gasteiger partial charge in [0, 0.05) is 30.2 Å². The van der Waals surface area contributed by atoms with Crippen molar-refractivity contribution in [3.63, 3.8) is 0 Å². The normalized spacial score (nSPS) is 10.2. The van der Waals surface area contributed by atoms with Crippen LogP contribution in [0.3, 0.4) is 0 Å². The maximum absolute atomic E-state index is 12.1. The van der Waals surface area contributed by atoms with Crippen LogP contribution < -0.4 is 11.1 Å². The Balaban J connectivity index is 2.10. The molecule has 2 aromatic rings. The number of carbonyl (C=O) groups is 1. The van der Waals surface area contributed by atoms with E-state index >= 15 is 0 Å². The first-order chi connectivity index (χ1) is 9.09. The molecular formula is C15H17N3O. The average molecular weight is 255 g/mol. The van der Waals surface area contributed by atoms with Crippen LogP contribution in [0.5, 0.6) is 0 Å². The third-order valence-electron chi connectivity index (χ3n) is 3.20. The molecule has 0 aliphatic rings. The van der Waals surface area contributed by atoms with Gasteiger partial charge in [-0.15, -0.1) is 0 Å². The van der Waals surface area contributed by atoms with Crippen LogP contribution in [-0.4, -0.2) is 10.9 Å². The van der Waals surface area contributed by atoms with Gasteiger partial charge in [0.25, 0.3) is 5.91 Å². The number of aromatic nitrogens is 1. The Morgan fingerprint density at radius 2 is 2.11 bits per heavy atom.